The number of hydrogen-bond donors (Lipinski definition) is 2. The minimum atomic E-state index is -1.000. The van der Waals surface area contributed by atoms with Crippen LogP contribution in [0.5, 0.6) is 11.5 Å². The SMILES string of the molecule is CCOc1cc(/C=C(/C#N)C(=O)Nc2cccc(Cl)c2Cl)cc(I)c1OCc1ccc(C(=O)O)cc1. The molecule has 3 aromatic rings. The number of halogens is 3. The lowest BCUT2D eigenvalue weighted by atomic mass is 10.1. The van der Waals surface area contributed by atoms with E-state index in [-0.39, 0.29) is 27.8 Å². The molecule has 0 aliphatic carbocycles. The van der Waals surface area contributed by atoms with Crippen LogP contribution in [0.2, 0.25) is 10.0 Å². The van der Waals surface area contributed by atoms with E-state index in [1.807, 2.05) is 13.0 Å². The quantitative estimate of drug-likeness (QED) is 0.152. The summed E-state index contributed by atoms with van der Waals surface area (Å²) in [5.74, 6) is -0.709. The molecule has 0 saturated heterocycles. The van der Waals surface area contributed by atoms with Crippen molar-refractivity contribution in [3.63, 3.8) is 0 Å². The number of carboxylic acid groups (broad SMARTS) is 1. The molecule has 0 atom stereocenters. The molecule has 184 valence electrons. The monoisotopic (exact) mass is 636 g/mol. The van der Waals surface area contributed by atoms with Crippen LogP contribution in [-0.2, 0) is 11.4 Å². The van der Waals surface area contributed by atoms with Crippen molar-refractivity contribution >= 4 is 69.4 Å². The average Bonchev–Trinajstić information content (AvgIpc) is 2.85. The molecule has 0 bridgehead atoms. The lowest BCUT2D eigenvalue weighted by Gasteiger charge is -2.15. The summed E-state index contributed by atoms with van der Waals surface area (Å²) in [4.78, 5) is 23.7. The maximum absolute atomic E-state index is 12.7. The van der Waals surface area contributed by atoms with Crippen LogP contribution in [0.25, 0.3) is 6.08 Å². The van der Waals surface area contributed by atoms with E-state index in [1.165, 1.54) is 18.2 Å². The van der Waals surface area contributed by atoms with E-state index in [2.05, 4.69) is 27.9 Å². The third-order valence-corrected chi connectivity index (χ3v) is 6.41. The van der Waals surface area contributed by atoms with Crippen LogP contribution in [0.3, 0.4) is 0 Å². The summed E-state index contributed by atoms with van der Waals surface area (Å²) in [6.07, 6.45) is 1.44. The summed E-state index contributed by atoms with van der Waals surface area (Å²) in [6.45, 7) is 2.38. The molecule has 0 fully saturated rings. The van der Waals surface area contributed by atoms with Crippen molar-refractivity contribution < 1.29 is 24.2 Å². The fourth-order valence-electron chi connectivity index (χ4n) is 3.08. The van der Waals surface area contributed by atoms with Gasteiger partial charge in [-0.2, -0.15) is 5.26 Å². The molecular weight excluding hydrogens is 618 g/mol. The number of nitrogens with one attached hydrogen (secondary N) is 1. The average molecular weight is 637 g/mol. The van der Waals surface area contributed by atoms with Gasteiger partial charge in [-0.05, 0) is 83.1 Å². The highest BCUT2D eigenvalue weighted by Crippen LogP contribution is 2.36. The zero-order valence-corrected chi connectivity index (χ0v) is 22.5. The Hall–Kier alpha value is -3.26. The Morgan fingerprint density at radius 1 is 1.14 bits per heavy atom. The van der Waals surface area contributed by atoms with Crippen molar-refractivity contribution in [2.75, 3.05) is 11.9 Å². The maximum atomic E-state index is 12.7. The Morgan fingerprint density at radius 3 is 2.50 bits per heavy atom. The Morgan fingerprint density at radius 2 is 1.86 bits per heavy atom. The lowest BCUT2D eigenvalue weighted by Crippen LogP contribution is -2.13. The minimum absolute atomic E-state index is 0.142. The number of rotatable bonds is 9. The first-order valence-electron chi connectivity index (χ1n) is 10.5. The van der Waals surface area contributed by atoms with E-state index in [1.54, 1.807) is 42.5 Å². The highest BCUT2D eigenvalue weighted by atomic mass is 127. The van der Waals surface area contributed by atoms with Gasteiger partial charge in [0, 0.05) is 0 Å². The minimum Gasteiger partial charge on any atom is -0.490 e. The summed E-state index contributed by atoms with van der Waals surface area (Å²) in [6, 6.07) is 16.5. The Labute approximate surface area is 231 Å². The van der Waals surface area contributed by atoms with Gasteiger partial charge in [-0.15, -0.1) is 0 Å². The van der Waals surface area contributed by atoms with E-state index in [0.29, 0.717) is 32.9 Å². The molecule has 0 aromatic heterocycles. The molecule has 0 saturated carbocycles. The predicted octanol–water partition coefficient (Wildman–Crippen LogP) is 6.82. The van der Waals surface area contributed by atoms with Crippen LogP contribution in [0.15, 0.2) is 60.2 Å². The molecule has 0 aliphatic heterocycles. The summed E-state index contributed by atoms with van der Waals surface area (Å²) >= 11 is 14.2. The molecule has 2 N–H and O–H groups in total. The van der Waals surface area contributed by atoms with Crippen molar-refractivity contribution in [2.45, 2.75) is 13.5 Å². The zero-order chi connectivity index (χ0) is 26.2. The van der Waals surface area contributed by atoms with Gasteiger partial charge in [0.05, 0.1) is 31.5 Å². The van der Waals surface area contributed by atoms with E-state index < -0.39 is 11.9 Å². The Balaban J connectivity index is 1.84. The molecule has 0 heterocycles. The van der Waals surface area contributed by atoms with E-state index in [9.17, 15) is 14.9 Å². The van der Waals surface area contributed by atoms with Crippen molar-refractivity contribution in [1.82, 2.24) is 0 Å². The van der Waals surface area contributed by atoms with Gasteiger partial charge in [0.15, 0.2) is 11.5 Å². The number of aromatic carboxylic acids is 1. The number of hydrogen-bond acceptors (Lipinski definition) is 5. The number of nitriles is 1. The second kappa shape index (κ2) is 12.6. The Bertz CT molecular complexity index is 1370. The van der Waals surface area contributed by atoms with Gasteiger partial charge in [0.2, 0.25) is 0 Å². The first-order chi connectivity index (χ1) is 17.2. The summed E-state index contributed by atoms with van der Waals surface area (Å²) in [7, 11) is 0. The smallest absolute Gasteiger partial charge is 0.335 e. The first-order valence-corrected chi connectivity index (χ1v) is 12.4. The molecule has 0 unspecified atom stereocenters. The molecule has 0 aliphatic rings. The highest BCUT2D eigenvalue weighted by Gasteiger charge is 2.16. The van der Waals surface area contributed by atoms with E-state index in [4.69, 9.17) is 37.8 Å². The van der Waals surface area contributed by atoms with Gasteiger partial charge in [0.1, 0.15) is 18.2 Å². The second-order valence-corrected chi connectivity index (χ2v) is 9.23. The van der Waals surface area contributed by atoms with Crippen molar-refractivity contribution in [3.8, 4) is 17.6 Å². The third-order valence-electron chi connectivity index (χ3n) is 4.79. The third kappa shape index (κ3) is 6.91. The van der Waals surface area contributed by atoms with Gasteiger partial charge in [-0.3, -0.25) is 4.79 Å². The van der Waals surface area contributed by atoms with E-state index >= 15 is 0 Å². The number of ether oxygens (including phenoxy) is 2. The van der Waals surface area contributed by atoms with Crippen LogP contribution in [0, 0.1) is 14.9 Å². The lowest BCUT2D eigenvalue weighted by molar-refractivity contribution is -0.112. The topological polar surface area (TPSA) is 109 Å². The van der Waals surface area contributed by atoms with Gasteiger partial charge >= 0.3 is 5.97 Å². The van der Waals surface area contributed by atoms with Crippen LogP contribution in [0.1, 0.15) is 28.4 Å². The second-order valence-electron chi connectivity index (χ2n) is 7.28. The van der Waals surface area contributed by atoms with Crippen LogP contribution < -0.4 is 14.8 Å². The summed E-state index contributed by atoms with van der Waals surface area (Å²) < 4.78 is 12.4. The first kappa shape index (κ1) is 27.3. The molecule has 1 amide bonds. The fraction of sp³-hybridized carbons (Fsp3) is 0.115. The fourth-order valence-corrected chi connectivity index (χ4v) is 4.21. The largest absolute Gasteiger partial charge is 0.490 e. The summed E-state index contributed by atoms with van der Waals surface area (Å²) in [5, 5.41) is 21.7. The highest BCUT2D eigenvalue weighted by molar-refractivity contribution is 14.1. The maximum Gasteiger partial charge on any atom is 0.335 e. The molecule has 36 heavy (non-hydrogen) atoms. The number of nitrogens with zero attached hydrogens (tertiary/aromatic N) is 1. The van der Waals surface area contributed by atoms with Gasteiger partial charge < -0.3 is 19.9 Å². The molecule has 7 nitrogen and oxygen atoms in total. The van der Waals surface area contributed by atoms with E-state index in [0.717, 1.165) is 5.56 Å². The number of amides is 1. The van der Waals surface area contributed by atoms with Crippen LogP contribution in [0.4, 0.5) is 5.69 Å². The molecule has 0 radical (unpaired) electrons. The number of anilines is 1. The summed E-state index contributed by atoms with van der Waals surface area (Å²) in [5.41, 5.74) is 1.68. The normalized spacial score (nSPS) is 10.9. The van der Waals surface area contributed by atoms with Crippen LogP contribution in [-0.4, -0.2) is 23.6 Å². The van der Waals surface area contributed by atoms with Crippen molar-refractivity contribution in [3.05, 3.63) is 90.5 Å². The van der Waals surface area contributed by atoms with Gasteiger partial charge in [-0.1, -0.05) is 41.4 Å². The number of benzene rings is 3. The zero-order valence-electron chi connectivity index (χ0n) is 18.8. The molecule has 0 spiro atoms. The molecular formula is C26H19Cl2IN2O5. The van der Waals surface area contributed by atoms with Crippen LogP contribution >= 0.6 is 45.8 Å². The number of carbonyl (C=O) groups excluding carboxylic acids is 1. The van der Waals surface area contributed by atoms with Gasteiger partial charge in [-0.25, -0.2) is 4.79 Å². The standard InChI is InChI=1S/C26H19Cl2IN2O5/c1-2-35-22-12-16(10-18(13-30)25(32)31-21-5-3-4-19(27)23(21)28)11-20(29)24(22)36-14-15-6-8-17(9-7-15)26(33)34/h3-12H,2,14H2,1H3,(H,31,32)(H,33,34)/b18-10-. The molecule has 3 rings (SSSR count). The number of carboxylic acids is 1. The Kier molecular flexibility index (Phi) is 9.58. The number of carbonyl (C=O) groups is 2. The predicted molar refractivity (Wildman–Crippen MR) is 147 cm³/mol. The van der Waals surface area contributed by atoms with Gasteiger partial charge in [0.25, 0.3) is 5.91 Å². The molecule has 10 heteroatoms. The molecule has 3 aromatic carbocycles. The van der Waals surface area contributed by atoms with Crippen molar-refractivity contribution in [2.24, 2.45) is 0 Å². The van der Waals surface area contributed by atoms with Crippen molar-refractivity contribution in [1.29, 1.82) is 5.26 Å².